The predicted molar refractivity (Wildman–Crippen MR) is 82.0 cm³/mol. The number of hydrogen-bond acceptors (Lipinski definition) is 4. The van der Waals surface area contributed by atoms with E-state index in [-0.39, 0.29) is 17.6 Å². The third-order valence-corrected chi connectivity index (χ3v) is 3.58. The van der Waals surface area contributed by atoms with Crippen LogP contribution in [0.1, 0.15) is 31.2 Å². The molecule has 0 aliphatic heterocycles. The summed E-state index contributed by atoms with van der Waals surface area (Å²) in [7, 11) is 3.01. The molecule has 1 aromatic heterocycles. The van der Waals surface area contributed by atoms with Crippen LogP contribution in [0.25, 0.3) is 5.69 Å². The minimum atomic E-state index is -4.71. The van der Waals surface area contributed by atoms with Gasteiger partial charge in [0.25, 0.3) is 5.82 Å². The van der Waals surface area contributed by atoms with E-state index in [0.717, 1.165) is 4.68 Å². The van der Waals surface area contributed by atoms with Crippen molar-refractivity contribution in [1.29, 1.82) is 0 Å². The number of aromatic nitrogens is 3. The summed E-state index contributed by atoms with van der Waals surface area (Å²) in [5.41, 5.74) is 0.531. The molecule has 23 heavy (non-hydrogen) atoms. The number of benzene rings is 1. The Morgan fingerprint density at radius 3 is 2.30 bits per heavy atom. The molecular formula is C14H16F4N4S. The van der Waals surface area contributed by atoms with Crippen LogP contribution in [0.2, 0.25) is 0 Å². The van der Waals surface area contributed by atoms with Crippen molar-refractivity contribution >= 4 is 18.6 Å². The Labute approximate surface area is 136 Å². The molecule has 2 aromatic rings. The predicted octanol–water partition coefficient (Wildman–Crippen LogP) is 3.90. The lowest BCUT2D eigenvalue weighted by Gasteiger charge is -2.15. The SMILES string of the molecule is CC(C)c1cc(F)c(-n2nc(C(F)(F)F)nc2N(C)C)cc1S. The molecule has 0 N–H and O–H groups in total. The van der Waals surface area contributed by atoms with Crippen LogP contribution in [-0.4, -0.2) is 28.9 Å². The molecule has 4 nitrogen and oxygen atoms in total. The zero-order chi connectivity index (χ0) is 17.5. The van der Waals surface area contributed by atoms with Gasteiger partial charge in [-0.05, 0) is 23.6 Å². The second-order valence-electron chi connectivity index (χ2n) is 5.56. The molecule has 0 bridgehead atoms. The van der Waals surface area contributed by atoms with Gasteiger partial charge in [-0.1, -0.05) is 13.8 Å². The fourth-order valence-corrected chi connectivity index (χ4v) is 2.51. The molecule has 0 fully saturated rings. The first-order chi connectivity index (χ1) is 10.5. The Hall–Kier alpha value is -1.77. The number of alkyl halides is 3. The van der Waals surface area contributed by atoms with Crippen LogP contribution < -0.4 is 4.90 Å². The average molecular weight is 348 g/mol. The Bertz CT molecular complexity index is 722. The lowest BCUT2D eigenvalue weighted by Crippen LogP contribution is -2.16. The van der Waals surface area contributed by atoms with Crippen LogP contribution in [0.3, 0.4) is 0 Å². The summed E-state index contributed by atoms with van der Waals surface area (Å²) in [6, 6.07) is 2.62. The van der Waals surface area contributed by atoms with Gasteiger partial charge < -0.3 is 4.90 Å². The van der Waals surface area contributed by atoms with E-state index in [0.29, 0.717) is 10.5 Å². The summed E-state index contributed by atoms with van der Waals surface area (Å²) in [6.07, 6.45) is -4.71. The molecule has 0 amide bonds. The summed E-state index contributed by atoms with van der Waals surface area (Å²) >= 11 is 4.29. The zero-order valence-electron chi connectivity index (χ0n) is 13.0. The first-order valence-electron chi connectivity index (χ1n) is 6.76. The molecule has 126 valence electrons. The monoisotopic (exact) mass is 348 g/mol. The fraction of sp³-hybridized carbons (Fsp3) is 0.429. The number of rotatable bonds is 3. The first-order valence-corrected chi connectivity index (χ1v) is 7.21. The molecule has 0 radical (unpaired) electrons. The van der Waals surface area contributed by atoms with Gasteiger partial charge in [-0.15, -0.1) is 17.7 Å². The van der Waals surface area contributed by atoms with E-state index in [1.807, 2.05) is 13.8 Å². The molecule has 1 aromatic carbocycles. The minimum absolute atomic E-state index is 0.0286. The topological polar surface area (TPSA) is 34.0 Å². The summed E-state index contributed by atoms with van der Waals surface area (Å²) in [5, 5.41) is 3.41. The molecule has 0 unspecified atom stereocenters. The highest BCUT2D eigenvalue weighted by molar-refractivity contribution is 7.80. The summed E-state index contributed by atoms with van der Waals surface area (Å²) < 4.78 is 53.8. The van der Waals surface area contributed by atoms with Gasteiger partial charge in [0.15, 0.2) is 0 Å². The van der Waals surface area contributed by atoms with Crippen LogP contribution >= 0.6 is 12.6 Å². The third kappa shape index (κ3) is 3.44. The van der Waals surface area contributed by atoms with Crippen molar-refractivity contribution < 1.29 is 17.6 Å². The lowest BCUT2D eigenvalue weighted by atomic mass is 10.0. The largest absolute Gasteiger partial charge is 0.453 e. The van der Waals surface area contributed by atoms with E-state index >= 15 is 0 Å². The standard InChI is InChI=1S/C14H16F4N4S/c1-7(2)8-5-9(15)10(6-11(8)23)22-13(21(3)4)19-12(20-22)14(16,17)18/h5-7,23H,1-4H3. The number of anilines is 1. The molecule has 0 aliphatic carbocycles. The highest BCUT2D eigenvalue weighted by Crippen LogP contribution is 2.32. The molecule has 0 aliphatic rings. The molecule has 0 atom stereocenters. The molecule has 0 spiro atoms. The maximum atomic E-state index is 14.4. The lowest BCUT2D eigenvalue weighted by molar-refractivity contribution is -0.144. The van der Waals surface area contributed by atoms with E-state index < -0.39 is 17.8 Å². The third-order valence-electron chi connectivity index (χ3n) is 3.19. The smallest absolute Gasteiger partial charge is 0.347 e. The molecule has 0 saturated carbocycles. The van der Waals surface area contributed by atoms with Crippen molar-refractivity contribution in [3.8, 4) is 5.69 Å². The molecule has 0 saturated heterocycles. The Morgan fingerprint density at radius 2 is 1.83 bits per heavy atom. The highest BCUT2D eigenvalue weighted by Gasteiger charge is 2.38. The Balaban J connectivity index is 2.66. The molecule has 1 heterocycles. The van der Waals surface area contributed by atoms with Crippen LogP contribution in [0.5, 0.6) is 0 Å². The van der Waals surface area contributed by atoms with Crippen molar-refractivity contribution in [2.24, 2.45) is 0 Å². The summed E-state index contributed by atoms with van der Waals surface area (Å²) in [4.78, 5) is 5.25. The van der Waals surface area contributed by atoms with Crippen LogP contribution in [-0.2, 0) is 6.18 Å². The van der Waals surface area contributed by atoms with Crippen LogP contribution in [0, 0.1) is 5.82 Å². The zero-order valence-corrected chi connectivity index (χ0v) is 13.9. The number of halogens is 4. The van der Waals surface area contributed by atoms with Gasteiger partial charge in [0.05, 0.1) is 0 Å². The minimum Gasteiger partial charge on any atom is -0.347 e. The Morgan fingerprint density at radius 1 is 1.22 bits per heavy atom. The van der Waals surface area contributed by atoms with Gasteiger partial charge >= 0.3 is 6.18 Å². The second kappa shape index (κ2) is 6.03. The highest BCUT2D eigenvalue weighted by atomic mass is 32.1. The van der Waals surface area contributed by atoms with Crippen LogP contribution in [0.15, 0.2) is 17.0 Å². The van der Waals surface area contributed by atoms with Gasteiger partial charge in [0.2, 0.25) is 5.95 Å². The summed E-state index contributed by atoms with van der Waals surface area (Å²) in [5.74, 6) is -2.11. The van der Waals surface area contributed by atoms with Crippen molar-refractivity contribution in [3.63, 3.8) is 0 Å². The van der Waals surface area contributed by atoms with E-state index in [1.165, 1.54) is 31.1 Å². The van der Waals surface area contributed by atoms with Crippen molar-refractivity contribution in [2.75, 3.05) is 19.0 Å². The number of nitrogens with zero attached hydrogens (tertiary/aromatic N) is 4. The van der Waals surface area contributed by atoms with E-state index in [2.05, 4.69) is 22.7 Å². The normalized spacial score (nSPS) is 12.1. The van der Waals surface area contributed by atoms with Gasteiger partial charge in [0.1, 0.15) is 11.5 Å². The molecule has 2 rings (SSSR count). The quantitative estimate of drug-likeness (QED) is 0.675. The number of thiol groups is 1. The van der Waals surface area contributed by atoms with Gasteiger partial charge in [-0.3, -0.25) is 0 Å². The first kappa shape index (κ1) is 17.6. The van der Waals surface area contributed by atoms with Crippen molar-refractivity contribution in [1.82, 2.24) is 14.8 Å². The Kier molecular flexibility index (Phi) is 4.61. The maximum absolute atomic E-state index is 14.4. The van der Waals surface area contributed by atoms with E-state index in [4.69, 9.17) is 0 Å². The van der Waals surface area contributed by atoms with E-state index in [9.17, 15) is 17.6 Å². The van der Waals surface area contributed by atoms with Crippen molar-refractivity contribution in [2.45, 2.75) is 30.8 Å². The van der Waals surface area contributed by atoms with E-state index in [1.54, 1.807) is 0 Å². The molecular weight excluding hydrogens is 332 g/mol. The van der Waals surface area contributed by atoms with Crippen LogP contribution in [0.4, 0.5) is 23.5 Å². The van der Waals surface area contributed by atoms with Gasteiger partial charge in [-0.25, -0.2) is 4.39 Å². The maximum Gasteiger partial charge on any atom is 0.453 e. The van der Waals surface area contributed by atoms with Crippen molar-refractivity contribution in [3.05, 3.63) is 29.3 Å². The van der Waals surface area contributed by atoms with Gasteiger partial charge in [-0.2, -0.15) is 22.8 Å². The van der Waals surface area contributed by atoms with Gasteiger partial charge in [0, 0.05) is 19.0 Å². The fourth-order valence-electron chi connectivity index (χ4n) is 2.07. The summed E-state index contributed by atoms with van der Waals surface area (Å²) in [6.45, 7) is 3.74. The second-order valence-corrected chi connectivity index (χ2v) is 6.04. The average Bonchev–Trinajstić information content (AvgIpc) is 2.85. The molecule has 9 heteroatoms. The number of hydrogen-bond donors (Lipinski definition) is 1.